The fourth-order valence-corrected chi connectivity index (χ4v) is 3.78. The first-order valence-electron chi connectivity index (χ1n) is 8.14. The molecule has 3 heterocycles. The number of aromatic nitrogens is 2. The Morgan fingerprint density at radius 2 is 1.95 bits per heavy atom. The Bertz CT molecular complexity index is 516. The maximum atomic E-state index is 4.75. The zero-order valence-electron chi connectivity index (χ0n) is 13.7. The Labute approximate surface area is 127 Å². The second-order valence-electron chi connectivity index (χ2n) is 6.46. The van der Waals surface area contributed by atoms with Crippen molar-refractivity contribution in [3.05, 3.63) is 11.4 Å². The molecule has 2 aliphatic heterocycles. The lowest BCUT2D eigenvalue weighted by Gasteiger charge is -2.48. The van der Waals surface area contributed by atoms with E-state index in [0.29, 0.717) is 12.1 Å². The Kier molecular flexibility index (Phi) is 4.02. The summed E-state index contributed by atoms with van der Waals surface area (Å²) in [7, 11) is 1.93. The minimum Gasteiger partial charge on any atom is -0.373 e. The molecule has 2 fully saturated rings. The molecule has 2 saturated heterocycles. The van der Waals surface area contributed by atoms with Gasteiger partial charge in [-0.25, -0.2) is 9.97 Å². The van der Waals surface area contributed by atoms with Crippen molar-refractivity contribution in [1.29, 1.82) is 0 Å². The van der Waals surface area contributed by atoms with Crippen LogP contribution in [0.1, 0.15) is 37.6 Å². The van der Waals surface area contributed by atoms with Gasteiger partial charge in [0.25, 0.3) is 0 Å². The van der Waals surface area contributed by atoms with Crippen LogP contribution in [-0.4, -0.2) is 53.6 Å². The third kappa shape index (κ3) is 2.71. The van der Waals surface area contributed by atoms with Crippen LogP contribution in [0.25, 0.3) is 0 Å². The second-order valence-corrected chi connectivity index (χ2v) is 6.46. The molecule has 1 aromatic heterocycles. The third-order valence-corrected chi connectivity index (χ3v) is 4.93. The number of nitrogens with zero attached hydrogens (tertiary/aromatic N) is 4. The second kappa shape index (κ2) is 5.79. The molecular formula is C16H27N5. The molecule has 0 spiro atoms. The molecule has 3 rings (SSSR count). The largest absolute Gasteiger partial charge is 0.373 e. The van der Waals surface area contributed by atoms with Gasteiger partial charge in [0.1, 0.15) is 17.5 Å². The number of nitrogens with one attached hydrogen (secondary N) is 1. The highest BCUT2D eigenvalue weighted by molar-refractivity contribution is 5.59. The smallest absolute Gasteiger partial charge is 0.137 e. The number of fused-ring (bicyclic) bond motifs is 1. The van der Waals surface area contributed by atoms with Gasteiger partial charge in [0, 0.05) is 37.8 Å². The lowest BCUT2D eigenvalue weighted by molar-refractivity contribution is 0.115. The highest BCUT2D eigenvalue weighted by atomic mass is 15.3. The van der Waals surface area contributed by atoms with Crippen molar-refractivity contribution in [2.45, 2.75) is 52.1 Å². The summed E-state index contributed by atoms with van der Waals surface area (Å²) >= 11 is 0. The summed E-state index contributed by atoms with van der Waals surface area (Å²) < 4.78 is 0. The Morgan fingerprint density at radius 3 is 2.71 bits per heavy atom. The van der Waals surface area contributed by atoms with E-state index in [1.54, 1.807) is 0 Å². The van der Waals surface area contributed by atoms with E-state index in [1.165, 1.54) is 31.4 Å². The van der Waals surface area contributed by atoms with Gasteiger partial charge in [0.15, 0.2) is 0 Å². The number of rotatable bonds is 2. The first kappa shape index (κ1) is 14.6. The van der Waals surface area contributed by atoms with Gasteiger partial charge in [-0.15, -0.1) is 0 Å². The number of piperidine rings is 1. The average molecular weight is 289 g/mol. The van der Waals surface area contributed by atoms with Crippen LogP contribution in [0, 0.1) is 13.8 Å². The lowest BCUT2D eigenvalue weighted by Crippen LogP contribution is -2.59. The molecule has 1 N–H and O–H groups in total. The molecule has 2 atom stereocenters. The molecule has 1 aromatic rings. The van der Waals surface area contributed by atoms with E-state index in [0.717, 1.165) is 30.5 Å². The quantitative estimate of drug-likeness (QED) is 0.904. The van der Waals surface area contributed by atoms with E-state index in [2.05, 4.69) is 33.9 Å². The van der Waals surface area contributed by atoms with Gasteiger partial charge in [0.2, 0.25) is 0 Å². The van der Waals surface area contributed by atoms with Crippen LogP contribution >= 0.6 is 0 Å². The van der Waals surface area contributed by atoms with Gasteiger partial charge in [-0.3, -0.25) is 4.90 Å². The number of piperazine rings is 1. The van der Waals surface area contributed by atoms with Crippen molar-refractivity contribution in [2.75, 3.05) is 36.9 Å². The average Bonchev–Trinajstić information content (AvgIpc) is 2.48. The van der Waals surface area contributed by atoms with E-state index >= 15 is 0 Å². The summed E-state index contributed by atoms with van der Waals surface area (Å²) in [6, 6.07) is 1.21. The molecule has 2 aliphatic rings. The summed E-state index contributed by atoms with van der Waals surface area (Å²) in [6.45, 7) is 9.95. The van der Waals surface area contributed by atoms with Crippen molar-refractivity contribution in [3.63, 3.8) is 0 Å². The van der Waals surface area contributed by atoms with E-state index < -0.39 is 0 Å². The molecule has 5 nitrogen and oxygen atoms in total. The van der Waals surface area contributed by atoms with E-state index in [1.807, 2.05) is 14.0 Å². The van der Waals surface area contributed by atoms with Crippen molar-refractivity contribution in [2.24, 2.45) is 0 Å². The van der Waals surface area contributed by atoms with Crippen LogP contribution < -0.4 is 10.2 Å². The molecular weight excluding hydrogens is 262 g/mol. The van der Waals surface area contributed by atoms with Gasteiger partial charge in [-0.1, -0.05) is 6.42 Å². The minimum atomic E-state index is 0.511. The molecule has 0 radical (unpaired) electrons. The predicted octanol–water partition coefficient (Wildman–Crippen LogP) is 2.20. The molecule has 0 aromatic carbocycles. The summed E-state index contributed by atoms with van der Waals surface area (Å²) in [4.78, 5) is 14.4. The Balaban J connectivity index is 1.90. The van der Waals surface area contributed by atoms with Crippen LogP contribution in [0.5, 0.6) is 0 Å². The monoisotopic (exact) mass is 289 g/mol. The maximum Gasteiger partial charge on any atom is 0.137 e. The SMILES string of the molecule is CNc1nc(C)nc(N2CC3CCCCN3CC2C)c1C. The summed E-state index contributed by atoms with van der Waals surface area (Å²) in [5, 5.41) is 3.20. The van der Waals surface area contributed by atoms with E-state index in [-0.39, 0.29) is 0 Å². The zero-order chi connectivity index (χ0) is 15.0. The van der Waals surface area contributed by atoms with Crippen molar-refractivity contribution < 1.29 is 0 Å². The van der Waals surface area contributed by atoms with Gasteiger partial charge >= 0.3 is 0 Å². The molecule has 0 saturated carbocycles. The number of anilines is 2. The summed E-state index contributed by atoms with van der Waals surface area (Å²) in [5.41, 5.74) is 1.17. The normalized spacial score (nSPS) is 26.6. The van der Waals surface area contributed by atoms with E-state index in [9.17, 15) is 0 Å². The fourth-order valence-electron chi connectivity index (χ4n) is 3.78. The van der Waals surface area contributed by atoms with Crippen LogP contribution in [-0.2, 0) is 0 Å². The van der Waals surface area contributed by atoms with Crippen LogP contribution in [0.3, 0.4) is 0 Å². The topological polar surface area (TPSA) is 44.3 Å². The first-order valence-corrected chi connectivity index (χ1v) is 8.14. The molecule has 0 amide bonds. The van der Waals surface area contributed by atoms with Gasteiger partial charge < -0.3 is 10.2 Å². The van der Waals surface area contributed by atoms with Gasteiger partial charge in [-0.05, 0) is 40.2 Å². The molecule has 0 bridgehead atoms. The molecule has 21 heavy (non-hydrogen) atoms. The number of hydrogen-bond acceptors (Lipinski definition) is 5. The fraction of sp³-hybridized carbons (Fsp3) is 0.750. The first-order chi connectivity index (χ1) is 10.1. The van der Waals surface area contributed by atoms with Crippen LogP contribution in [0.4, 0.5) is 11.6 Å². The zero-order valence-corrected chi connectivity index (χ0v) is 13.7. The highest BCUT2D eigenvalue weighted by Crippen LogP contribution is 2.30. The van der Waals surface area contributed by atoms with Crippen molar-refractivity contribution in [1.82, 2.24) is 14.9 Å². The highest BCUT2D eigenvalue weighted by Gasteiger charge is 2.34. The molecule has 2 unspecified atom stereocenters. The van der Waals surface area contributed by atoms with Crippen molar-refractivity contribution in [3.8, 4) is 0 Å². The van der Waals surface area contributed by atoms with Gasteiger partial charge in [-0.2, -0.15) is 0 Å². The van der Waals surface area contributed by atoms with Crippen LogP contribution in [0.2, 0.25) is 0 Å². The van der Waals surface area contributed by atoms with Crippen molar-refractivity contribution >= 4 is 11.6 Å². The lowest BCUT2D eigenvalue weighted by atomic mass is 9.97. The number of hydrogen-bond donors (Lipinski definition) is 1. The minimum absolute atomic E-state index is 0.511. The molecule has 116 valence electrons. The van der Waals surface area contributed by atoms with Gasteiger partial charge in [0.05, 0.1) is 0 Å². The predicted molar refractivity (Wildman–Crippen MR) is 87.1 cm³/mol. The van der Waals surface area contributed by atoms with E-state index in [4.69, 9.17) is 4.98 Å². The molecule has 0 aliphatic carbocycles. The Hall–Kier alpha value is -1.36. The Morgan fingerprint density at radius 1 is 1.14 bits per heavy atom. The summed E-state index contributed by atoms with van der Waals surface area (Å²) in [6.07, 6.45) is 4.05. The van der Waals surface area contributed by atoms with Crippen LogP contribution in [0.15, 0.2) is 0 Å². The maximum absolute atomic E-state index is 4.75. The summed E-state index contributed by atoms with van der Waals surface area (Å²) in [5.74, 6) is 2.92. The number of aryl methyl sites for hydroxylation is 1. The molecule has 5 heteroatoms. The standard InChI is InChI=1S/C16H27N5/c1-11-9-20-8-6-5-7-14(20)10-21(11)16-12(2)15(17-4)18-13(3)19-16/h11,14H,5-10H2,1-4H3,(H,17,18,19). The third-order valence-electron chi connectivity index (χ3n) is 4.93.